The van der Waals surface area contributed by atoms with Crippen molar-refractivity contribution in [2.75, 3.05) is 33.0 Å². The largest absolute Gasteiger partial charge is 0.394 e. The first-order valence-corrected chi connectivity index (χ1v) is 30.9. The standard InChI is InChI=1S/C54H92O40/c1-12-16(60)5-18(62)47(79-12)90-41-27(66)22(9-57)84-53(44(41)93-51-35(74)30(69)26(65)21(8-56)83-51)88-39-15(4)81-49(36(75)32(39)71)92-43-37(76)52(86-24(11-59)40(43)89-50-34(73)29(68)25(64)20(7-55)82-50)94-45-42(91-48-19(63)6-17(61)13(2)80-48)28(67)23(10-58)85-54(45)87-38-14(3)78-46(77)33(72)31(38)70/h12-77H,5-11H2,1-4H3/t12-,13-,14+,15+,16+,17+,18+,19+,20-,21-,22-,23-,24-,25-,26+,27-,28-,29+,30+,31+,32+,33-,34-,35-,36-,37-,38+,39+,40+,41+,42+,43-,44+,45+,46-,47-,48-,49+,50-,51-,52-,53-,54-/m1/s1. The van der Waals surface area contributed by atoms with Crippen LogP contribution in [-0.4, -0.2) is 415 Å². The Morgan fingerprint density at radius 2 is 0.511 bits per heavy atom. The molecule has 0 aromatic rings. The molecule has 9 heterocycles. The summed E-state index contributed by atoms with van der Waals surface area (Å²) in [5.41, 5.74) is 0. The van der Waals surface area contributed by atoms with Crippen molar-refractivity contribution in [3.05, 3.63) is 0 Å². The summed E-state index contributed by atoms with van der Waals surface area (Å²) in [5, 5.41) is 253. The van der Waals surface area contributed by atoms with Crippen molar-refractivity contribution in [3.63, 3.8) is 0 Å². The lowest BCUT2D eigenvalue weighted by Crippen LogP contribution is -2.70. The number of aliphatic hydroxyl groups excluding tert-OH is 23. The maximum Gasteiger partial charge on any atom is 0.187 e. The molecule has 40 heteroatoms. The summed E-state index contributed by atoms with van der Waals surface area (Å²) in [6, 6.07) is 0. The van der Waals surface area contributed by atoms with E-state index in [4.69, 9.17) is 80.5 Å². The Labute approximate surface area is 534 Å². The van der Waals surface area contributed by atoms with Gasteiger partial charge in [0.05, 0.1) is 69.7 Å². The first-order valence-electron chi connectivity index (χ1n) is 30.9. The van der Waals surface area contributed by atoms with Crippen molar-refractivity contribution in [2.24, 2.45) is 0 Å². The summed E-state index contributed by atoms with van der Waals surface area (Å²) in [6.45, 7) is 0.253. The zero-order valence-corrected chi connectivity index (χ0v) is 51.0. The Hall–Kier alpha value is -1.60. The number of rotatable bonds is 21. The highest BCUT2D eigenvalue weighted by molar-refractivity contribution is 5.02. The molecule has 0 unspecified atom stereocenters. The van der Waals surface area contributed by atoms with Gasteiger partial charge in [-0.1, -0.05) is 0 Å². The van der Waals surface area contributed by atoms with Gasteiger partial charge in [0.1, 0.15) is 171 Å². The minimum Gasteiger partial charge on any atom is -0.394 e. The van der Waals surface area contributed by atoms with Gasteiger partial charge in [0.15, 0.2) is 56.6 Å². The van der Waals surface area contributed by atoms with Crippen LogP contribution in [-0.2, 0) is 80.5 Å². The van der Waals surface area contributed by atoms with Crippen molar-refractivity contribution in [1.82, 2.24) is 0 Å². The van der Waals surface area contributed by atoms with E-state index in [0.717, 1.165) is 0 Å². The fourth-order valence-electron chi connectivity index (χ4n) is 12.6. The minimum absolute atomic E-state index is 0.317. The summed E-state index contributed by atoms with van der Waals surface area (Å²) < 4.78 is 101. The van der Waals surface area contributed by atoms with Crippen molar-refractivity contribution in [2.45, 2.75) is 305 Å². The molecule has 23 N–H and O–H groups in total. The SMILES string of the molecule is C[C@@H]1O[C@@H](O)[C@H](O)[C@H](O)[C@H]1O[C@H]1O[C@H](CO)[C@@H](O)[C@H](O[C@H]2O[C@H](C)[C@@H](O)C[C@@H]2O)[C@@H]1O[C@H]1O[C@H](CO)[C@H](O[C@H]2O[C@H](CO)[C@@H](O)[C@H](O)[C@H]2O)[C@H](O[C@@H]2O[C@@H](C)[C@H](O[C@H]3O[C@H](CO)[C@@H](O)[C@H](O[C@H]4O[C@H](C)[C@@H](O)C[C@@H]4O)[C@@H]3O[C@H]3O[C@H](CO)[C@H](O)[C@H](O)[C@H]3O)[C@@H](O)[C@H]2O)[C@H]1O. The van der Waals surface area contributed by atoms with Crippen LogP contribution < -0.4 is 0 Å². The van der Waals surface area contributed by atoms with Gasteiger partial charge in [0.2, 0.25) is 0 Å². The highest BCUT2D eigenvalue weighted by Gasteiger charge is 2.61. The summed E-state index contributed by atoms with van der Waals surface area (Å²) >= 11 is 0. The first kappa shape index (κ1) is 76.6. The van der Waals surface area contributed by atoms with Crippen LogP contribution in [0.3, 0.4) is 0 Å². The van der Waals surface area contributed by atoms with Crippen molar-refractivity contribution >= 4 is 0 Å². The maximum atomic E-state index is 12.7. The molecule has 94 heavy (non-hydrogen) atoms. The molecule has 0 amide bonds. The van der Waals surface area contributed by atoms with Gasteiger partial charge in [0, 0.05) is 12.8 Å². The number of ether oxygens (including phenoxy) is 17. The summed E-state index contributed by atoms with van der Waals surface area (Å²) in [4.78, 5) is 0. The molecular weight excluding hydrogens is 1290 g/mol. The second kappa shape index (κ2) is 32.6. The van der Waals surface area contributed by atoms with Crippen molar-refractivity contribution in [3.8, 4) is 0 Å². The number of aliphatic hydroxyl groups is 23. The zero-order chi connectivity index (χ0) is 68.8. The normalized spacial score (nSPS) is 54.7. The van der Waals surface area contributed by atoms with Gasteiger partial charge >= 0.3 is 0 Å². The third-order valence-electron chi connectivity index (χ3n) is 18.4. The lowest BCUT2D eigenvalue weighted by atomic mass is 9.94. The van der Waals surface area contributed by atoms with E-state index < -0.39 is 297 Å². The highest BCUT2D eigenvalue weighted by Crippen LogP contribution is 2.41. The molecule has 9 aliphatic rings. The van der Waals surface area contributed by atoms with E-state index in [-0.39, 0.29) is 12.8 Å². The van der Waals surface area contributed by atoms with Crippen LogP contribution in [0.1, 0.15) is 40.5 Å². The van der Waals surface area contributed by atoms with Crippen molar-refractivity contribution in [1.29, 1.82) is 0 Å². The maximum absolute atomic E-state index is 12.7. The highest BCUT2D eigenvalue weighted by atomic mass is 16.8. The molecule has 9 rings (SSSR count). The minimum atomic E-state index is -2.44. The average Bonchev–Trinajstić information content (AvgIpc) is 0.770. The van der Waals surface area contributed by atoms with Crippen LogP contribution in [0.25, 0.3) is 0 Å². The Kier molecular flexibility index (Phi) is 26.5. The van der Waals surface area contributed by atoms with E-state index in [9.17, 15) is 117 Å². The summed E-state index contributed by atoms with van der Waals surface area (Å²) in [7, 11) is 0. The second-order valence-corrected chi connectivity index (χ2v) is 24.9. The Bertz CT molecular complexity index is 2310. The molecule has 0 aromatic carbocycles. The molecule has 9 aliphatic heterocycles. The molecule has 0 spiro atoms. The van der Waals surface area contributed by atoms with E-state index in [1.165, 1.54) is 27.7 Å². The number of hydrogen-bond acceptors (Lipinski definition) is 40. The van der Waals surface area contributed by atoms with Gasteiger partial charge in [-0.3, -0.25) is 0 Å². The van der Waals surface area contributed by atoms with Gasteiger partial charge in [-0.2, -0.15) is 0 Å². The average molecular weight is 1380 g/mol. The van der Waals surface area contributed by atoms with E-state index >= 15 is 0 Å². The Morgan fingerprint density at radius 3 is 0.936 bits per heavy atom. The summed E-state index contributed by atoms with van der Waals surface area (Å²) in [5.74, 6) is 0. The first-order chi connectivity index (χ1) is 44.5. The predicted octanol–water partition coefficient (Wildman–Crippen LogP) is -14.5. The Balaban J connectivity index is 1.04. The van der Waals surface area contributed by atoms with Crippen molar-refractivity contribution < 1.29 is 198 Å². The molecule has 40 nitrogen and oxygen atoms in total. The molecule has 0 aliphatic carbocycles. The third-order valence-corrected chi connectivity index (χ3v) is 18.4. The molecule has 548 valence electrons. The smallest absolute Gasteiger partial charge is 0.187 e. The molecule has 9 fully saturated rings. The molecule has 0 bridgehead atoms. The van der Waals surface area contributed by atoms with E-state index in [2.05, 4.69) is 0 Å². The van der Waals surface area contributed by atoms with Gasteiger partial charge in [-0.15, -0.1) is 0 Å². The Morgan fingerprint density at radius 1 is 0.223 bits per heavy atom. The molecule has 43 atom stereocenters. The van der Waals surface area contributed by atoms with Crippen LogP contribution in [0.4, 0.5) is 0 Å². The predicted molar refractivity (Wildman–Crippen MR) is 289 cm³/mol. The van der Waals surface area contributed by atoms with Gasteiger partial charge in [-0.05, 0) is 27.7 Å². The summed E-state index contributed by atoms with van der Waals surface area (Å²) in [6.07, 6.45) is -81.2. The molecule has 0 aromatic heterocycles. The van der Waals surface area contributed by atoms with E-state index in [1.807, 2.05) is 0 Å². The van der Waals surface area contributed by atoms with Crippen LogP contribution in [0, 0.1) is 0 Å². The lowest BCUT2D eigenvalue weighted by molar-refractivity contribution is -0.419. The fraction of sp³-hybridized carbons (Fsp3) is 1.00. The van der Waals surface area contributed by atoms with Crippen LogP contribution in [0.2, 0.25) is 0 Å². The van der Waals surface area contributed by atoms with Crippen LogP contribution in [0.15, 0.2) is 0 Å². The van der Waals surface area contributed by atoms with E-state index in [0.29, 0.717) is 0 Å². The van der Waals surface area contributed by atoms with Gasteiger partial charge < -0.3 is 198 Å². The number of hydrogen-bond donors (Lipinski definition) is 23. The molecule has 0 saturated carbocycles. The molecular formula is C54H92O40. The second-order valence-electron chi connectivity index (χ2n) is 24.9. The van der Waals surface area contributed by atoms with Gasteiger partial charge in [-0.25, -0.2) is 0 Å². The topological polar surface area (TPSA) is 622 Å². The monoisotopic (exact) mass is 1380 g/mol. The quantitative estimate of drug-likeness (QED) is 0.0507. The van der Waals surface area contributed by atoms with Crippen LogP contribution >= 0.6 is 0 Å². The third kappa shape index (κ3) is 16.0. The lowest BCUT2D eigenvalue weighted by Gasteiger charge is -2.52. The molecule has 9 saturated heterocycles. The molecule has 0 radical (unpaired) electrons. The van der Waals surface area contributed by atoms with Crippen LogP contribution in [0.5, 0.6) is 0 Å². The fourth-order valence-corrected chi connectivity index (χ4v) is 12.6. The van der Waals surface area contributed by atoms with E-state index in [1.54, 1.807) is 0 Å². The van der Waals surface area contributed by atoms with Gasteiger partial charge in [0.25, 0.3) is 0 Å². The zero-order valence-electron chi connectivity index (χ0n) is 51.0.